The zero-order chi connectivity index (χ0) is 12.4. The number of halogens is 1. The molecule has 0 aliphatic carbocycles. The monoisotopic (exact) mass is 272 g/mol. The van der Waals surface area contributed by atoms with Crippen LogP contribution in [0.2, 0.25) is 0 Å². The van der Waals surface area contributed by atoms with Crippen molar-refractivity contribution in [3.63, 3.8) is 0 Å². The lowest BCUT2D eigenvalue weighted by Gasteiger charge is -2.09. The molecule has 0 bridgehead atoms. The number of hydrogen-bond acceptors (Lipinski definition) is 1. The van der Waals surface area contributed by atoms with Gasteiger partial charge in [0.1, 0.15) is 0 Å². The van der Waals surface area contributed by atoms with Crippen molar-refractivity contribution < 1.29 is 0 Å². The number of hydrogen-bond donors (Lipinski definition) is 1. The summed E-state index contributed by atoms with van der Waals surface area (Å²) in [5, 5.41) is 1.27. The Bertz CT molecular complexity index is 659. The number of para-hydroxylation sites is 1. The van der Waals surface area contributed by atoms with E-state index in [1.54, 1.807) is 0 Å². The minimum absolute atomic E-state index is 0. The fourth-order valence-corrected chi connectivity index (χ4v) is 2.43. The van der Waals surface area contributed by atoms with Gasteiger partial charge in [0.15, 0.2) is 0 Å². The quantitative estimate of drug-likeness (QED) is 0.775. The predicted molar refractivity (Wildman–Crippen MR) is 83.7 cm³/mol. The first-order chi connectivity index (χ1) is 8.90. The molecule has 0 aliphatic rings. The van der Waals surface area contributed by atoms with Crippen molar-refractivity contribution in [3.8, 4) is 11.3 Å². The van der Waals surface area contributed by atoms with Crippen molar-refractivity contribution >= 4 is 23.3 Å². The van der Waals surface area contributed by atoms with Crippen molar-refractivity contribution in [1.29, 1.82) is 0 Å². The lowest BCUT2D eigenvalue weighted by Crippen LogP contribution is -2.10. The third-order valence-electron chi connectivity index (χ3n) is 3.23. The van der Waals surface area contributed by atoms with E-state index in [1.807, 2.05) is 6.07 Å². The van der Waals surface area contributed by atoms with Gasteiger partial charge in [-0.05, 0) is 17.7 Å². The van der Waals surface area contributed by atoms with Crippen molar-refractivity contribution in [2.24, 2.45) is 5.73 Å². The SMILES string of the molecule is Cl.NCCn1c(-c2ccccc2)cc2ccccc21. The van der Waals surface area contributed by atoms with E-state index in [1.165, 1.54) is 22.2 Å². The molecule has 19 heavy (non-hydrogen) atoms. The van der Waals surface area contributed by atoms with E-state index in [2.05, 4.69) is 59.2 Å². The second kappa shape index (κ2) is 5.91. The largest absolute Gasteiger partial charge is 0.339 e. The summed E-state index contributed by atoms with van der Waals surface area (Å²) in [6.07, 6.45) is 0. The van der Waals surface area contributed by atoms with Crippen molar-refractivity contribution in [1.82, 2.24) is 4.57 Å². The standard InChI is InChI=1S/C16H16N2.ClH/c17-10-11-18-15-9-5-4-8-14(15)12-16(18)13-6-2-1-3-7-13;/h1-9,12H,10-11,17H2;1H. The summed E-state index contributed by atoms with van der Waals surface area (Å²) in [6.45, 7) is 1.50. The maximum Gasteiger partial charge on any atom is 0.0491 e. The highest BCUT2D eigenvalue weighted by Gasteiger charge is 2.08. The number of aromatic nitrogens is 1. The number of nitrogens with zero attached hydrogens (tertiary/aromatic N) is 1. The minimum atomic E-state index is 0. The number of nitrogens with two attached hydrogens (primary N) is 1. The van der Waals surface area contributed by atoms with Crippen LogP contribution in [0.5, 0.6) is 0 Å². The van der Waals surface area contributed by atoms with Gasteiger partial charge >= 0.3 is 0 Å². The van der Waals surface area contributed by atoms with Gasteiger partial charge in [-0.15, -0.1) is 12.4 Å². The zero-order valence-electron chi connectivity index (χ0n) is 10.6. The summed E-state index contributed by atoms with van der Waals surface area (Å²) < 4.78 is 2.30. The van der Waals surface area contributed by atoms with Gasteiger partial charge in [0.2, 0.25) is 0 Å². The van der Waals surface area contributed by atoms with E-state index in [0.29, 0.717) is 6.54 Å². The Balaban J connectivity index is 0.00000133. The highest BCUT2D eigenvalue weighted by molar-refractivity contribution is 5.87. The number of fused-ring (bicyclic) bond motifs is 1. The van der Waals surface area contributed by atoms with Crippen LogP contribution in [0.15, 0.2) is 60.7 Å². The molecule has 0 spiro atoms. The van der Waals surface area contributed by atoms with E-state index in [-0.39, 0.29) is 12.4 Å². The predicted octanol–water partition coefficient (Wildman–Crippen LogP) is 3.69. The van der Waals surface area contributed by atoms with E-state index in [0.717, 1.165) is 6.54 Å². The Morgan fingerprint density at radius 1 is 0.895 bits per heavy atom. The third kappa shape index (κ3) is 2.50. The average Bonchev–Trinajstić information content (AvgIpc) is 2.80. The van der Waals surface area contributed by atoms with Crippen LogP contribution in [0, 0.1) is 0 Å². The topological polar surface area (TPSA) is 30.9 Å². The Hall–Kier alpha value is -1.77. The maximum absolute atomic E-state index is 5.74. The molecule has 2 N–H and O–H groups in total. The summed E-state index contributed by atoms with van der Waals surface area (Å²) in [5.74, 6) is 0. The molecular weight excluding hydrogens is 256 g/mol. The highest BCUT2D eigenvalue weighted by Crippen LogP contribution is 2.27. The molecule has 0 aliphatic heterocycles. The van der Waals surface area contributed by atoms with Gasteiger partial charge in [0.25, 0.3) is 0 Å². The van der Waals surface area contributed by atoms with Crippen LogP contribution in [0.4, 0.5) is 0 Å². The third-order valence-corrected chi connectivity index (χ3v) is 3.23. The molecular formula is C16H17ClN2. The smallest absolute Gasteiger partial charge is 0.0491 e. The highest BCUT2D eigenvalue weighted by atomic mass is 35.5. The molecule has 1 aromatic heterocycles. The first-order valence-electron chi connectivity index (χ1n) is 6.24. The molecule has 0 saturated carbocycles. The van der Waals surface area contributed by atoms with Crippen molar-refractivity contribution in [2.75, 3.05) is 6.54 Å². The van der Waals surface area contributed by atoms with Crippen LogP contribution in [0.3, 0.4) is 0 Å². The Morgan fingerprint density at radius 2 is 1.58 bits per heavy atom. The molecule has 98 valence electrons. The lowest BCUT2D eigenvalue weighted by molar-refractivity contribution is 0.742. The molecule has 1 heterocycles. The summed E-state index contributed by atoms with van der Waals surface area (Å²) in [5.41, 5.74) is 9.46. The Morgan fingerprint density at radius 3 is 2.32 bits per heavy atom. The van der Waals surface area contributed by atoms with Gasteiger partial charge in [-0.3, -0.25) is 0 Å². The summed E-state index contributed by atoms with van der Waals surface area (Å²) in [4.78, 5) is 0. The van der Waals surface area contributed by atoms with Crippen LogP contribution in [-0.2, 0) is 6.54 Å². The fourth-order valence-electron chi connectivity index (χ4n) is 2.43. The average molecular weight is 273 g/mol. The first-order valence-corrected chi connectivity index (χ1v) is 6.24. The van der Waals surface area contributed by atoms with E-state index < -0.39 is 0 Å². The van der Waals surface area contributed by atoms with Gasteiger partial charge in [0, 0.05) is 29.7 Å². The number of rotatable bonds is 3. The normalized spacial score (nSPS) is 10.4. The number of benzene rings is 2. The van der Waals surface area contributed by atoms with E-state index in [9.17, 15) is 0 Å². The molecule has 2 nitrogen and oxygen atoms in total. The van der Waals surface area contributed by atoms with Gasteiger partial charge in [-0.2, -0.15) is 0 Å². The van der Waals surface area contributed by atoms with E-state index in [4.69, 9.17) is 5.73 Å². The molecule has 2 aromatic carbocycles. The van der Waals surface area contributed by atoms with E-state index >= 15 is 0 Å². The van der Waals surface area contributed by atoms with Gasteiger partial charge < -0.3 is 10.3 Å². The second-order valence-corrected chi connectivity index (χ2v) is 4.39. The Kier molecular flexibility index (Phi) is 4.25. The van der Waals surface area contributed by atoms with Crippen LogP contribution >= 0.6 is 12.4 Å². The first kappa shape index (κ1) is 13.7. The summed E-state index contributed by atoms with van der Waals surface area (Å²) in [6, 6.07) is 21.1. The molecule has 0 radical (unpaired) electrons. The lowest BCUT2D eigenvalue weighted by atomic mass is 10.1. The molecule has 0 unspecified atom stereocenters. The van der Waals surface area contributed by atoms with Gasteiger partial charge in [-0.25, -0.2) is 0 Å². The van der Waals surface area contributed by atoms with Crippen molar-refractivity contribution in [2.45, 2.75) is 6.54 Å². The minimum Gasteiger partial charge on any atom is -0.339 e. The second-order valence-electron chi connectivity index (χ2n) is 4.39. The summed E-state index contributed by atoms with van der Waals surface area (Å²) in [7, 11) is 0. The maximum atomic E-state index is 5.74. The van der Waals surface area contributed by atoms with Crippen LogP contribution in [0.25, 0.3) is 22.2 Å². The van der Waals surface area contributed by atoms with Crippen LogP contribution in [-0.4, -0.2) is 11.1 Å². The molecule has 3 rings (SSSR count). The molecule has 0 amide bonds. The fraction of sp³-hybridized carbons (Fsp3) is 0.125. The van der Waals surface area contributed by atoms with Gasteiger partial charge in [0.05, 0.1) is 0 Å². The summed E-state index contributed by atoms with van der Waals surface area (Å²) >= 11 is 0. The van der Waals surface area contributed by atoms with Crippen LogP contribution < -0.4 is 5.73 Å². The molecule has 0 saturated heterocycles. The zero-order valence-corrected chi connectivity index (χ0v) is 11.4. The van der Waals surface area contributed by atoms with Gasteiger partial charge in [-0.1, -0.05) is 48.5 Å². The van der Waals surface area contributed by atoms with Crippen molar-refractivity contribution in [3.05, 3.63) is 60.7 Å². The molecule has 3 aromatic rings. The molecule has 0 atom stereocenters. The van der Waals surface area contributed by atoms with Crippen LogP contribution in [0.1, 0.15) is 0 Å². The Labute approximate surface area is 119 Å². The molecule has 3 heteroatoms. The molecule has 0 fully saturated rings.